The lowest BCUT2D eigenvalue weighted by molar-refractivity contribution is 0.269. The van der Waals surface area contributed by atoms with E-state index in [1.54, 1.807) is 0 Å². The summed E-state index contributed by atoms with van der Waals surface area (Å²) in [7, 11) is -3.65. The van der Waals surface area contributed by atoms with Gasteiger partial charge in [0.2, 0.25) is 10.0 Å². The third-order valence-corrected chi connectivity index (χ3v) is 6.21. The number of alkyl halides is 1. The summed E-state index contributed by atoms with van der Waals surface area (Å²) in [5, 5.41) is 0. The minimum atomic E-state index is -3.65. The second kappa shape index (κ2) is 6.41. The summed E-state index contributed by atoms with van der Waals surface area (Å²) in [4.78, 5) is 0.00227. The van der Waals surface area contributed by atoms with Gasteiger partial charge in [-0.25, -0.2) is 12.8 Å². The highest BCUT2D eigenvalue weighted by Crippen LogP contribution is 2.28. The van der Waals surface area contributed by atoms with E-state index in [0.29, 0.717) is 24.6 Å². The Bertz CT molecular complexity index is 569. The standard InChI is InChI=1S/C14H19ClFNO2S/c1-2-11-5-7-17(8-6-11)20(18,19)14-9-13(16)4-3-12(14)10-15/h3-4,9,11H,2,5-8,10H2,1H3. The van der Waals surface area contributed by atoms with Crippen LogP contribution in [0.2, 0.25) is 0 Å². The fraction of sp³-hybridized carbons (Fsp3) is 0.571. The highest BCUT2D eigenvalue weighted by atomic mass is 35.5. The second-order valence-electron chi connectivity index (χ2n) is 5.14. The van der Waals surface area contributed by atoms with Crippen LogP contribution in [0.3, 0.4) is 0 Å². The Morgan fingerprint density at radius 1 is 1.35 bits per heavy atom. The maximum atomic E-state index is 13.4. The van der Waals surface area contributed by atoms with Gasteiger partial charge in [-0.3, -0.25) is 0 Å². The van der Waals surface area contributed by atoms with Crippen LogP contribution < -0.4 is 0 Å². The molecule has 0 radical (unpaired) electrons. The summed E-state index contributed by atoms with van der Waals surface area (Å²) in [5.74, 6) is 0.0858. The van der Waals surface area contributed by atoms with Crippen molar-refractivity contribution in [2.24, 2.45) is 5.92 Å². The number of nitrogens with zero attached hydrogens (tertiary/aromatic N) is 1. The van der Waals surface area contributed by atoms with Gasteiger partial charge in [-0.2, -0.15) is 4.31 Å². The zero-order chi connectivity index (χ0) is 14.8. The molecule has 0 atom stereocenters. The van der Waals surface area contributed by atoms with E-state index in [9.17, 15) is 12.8 Å². The molecule has 20 heavy (non-hydrogen) atoms. The predicted octanol–water partition coefficient (Wildman–Crippen LogP) is 3.38. The van der Waals surface area contributed by atoms with Crippen LogP contribution in [0.1, 0.15) is 31.7 Å². The molecule has 0 spiro atoms. The minimum Gasteiger partial charge on any atom is -0.207 e. The molecule has 1 aliphatic rings. The van der Waals surface area contributed by atoms with Crippen molar-refractivity contribution in [3.8, 4) is 0 Å². The van der Waals surface area contributed by atoms with Gasteiger partial charge >= 0.3 is 0 Å². The minimum absolute atomic E-state index is 0.00227. The van der Waals surface area contributed by atoms with E-state index in [4.69, 9.17) is 11.6 Å². The van der Waals surface area contributed by atoms with Crippen molar-refractivity contribution in [2.45, 2.75) is 37.0 Å². The summed E-state index contributed by atoms with van der Waals surface area (Å²) < 4.78 is 40.0. The molecule has 3 nitrogen and oxygen atoms in total. The Labute approximate surface area is 124 Å². The molecule has 1 aliphatic heterocycles. The third-order valence-electron chi connectivity index (χ3n) is 3.94. The van der Waals surface area contributed by atoms with Gasteiger partial charge in [0.15, 0.2) is 0 Å². The average molecular weight is 320 g/mol. The zero-order valence-electron chi connectivity index (χ0n) is 11.5. The fourth-order valence-electron chi connectivity index (χ4n) is 2.58. The van der Waals surface area contributed by atoms with Crippen molar-refractivity contribution < 1.29 is 12.8 Å². The molecular formula is C14H19ClFNO2S. The van der Waals surface area contributed by atoms with E-state index in [1.165, 1.54) is 16.4 Å². The summed E-state index contributed by atoms with van der Waals surface area (Å²) in [6.07, 6.45) is 2.79. The number of sulfonamides is 1. The number of hydrogen-bond acceptors (Lipinski definition) is 2. The van der Waals surface area contributed by atoms with Crippen molar-refractivity contribution in [1.29, 1.82) is 0 Å². The van der Waals surface area contributed by atoms with Crippen LogP contribution in [0.15, 0.2) is 23.1 Å². The first kappa shape index (κ1) is 15.7. The number of hydrogen-bond donors (Lipinski definition) is 0. The molecule has 1 saturated heterocycles. The Hall–Kier alpha value is -0.650. The van der Waals surface area contributed by atoms with Crippen molar-refractivity contribution in [1.82, 2.24) is 4.31 Å². The summed E-state index contributed by atoms with van der Waals surface area (Å²) in [5.41, 5.74) is 0.450. The van der Waals surface area contributed by atoms with E-state index >= 15 is 0 Å². The van der Waals surface area contributed by atoms with Crippen LogP contribution in [0, 0.1) is 11.7 Å². The maximum absolute atomic E-state index is 13.4. The molecule has 112 valence electrons. The van der Waals surface area contributed by atoms with Crippen LogP contribution in [0.4, 0.5) is 4.39 Å². The summed E-state index contributed by atoms with van der Waals surface area (Å²) in [6.45, 7) is 3.12. The Balaban J connectivity index is 2.29. The van der Waals surface area contributed by atoms with E-state index < -0.39 is 15.8 Å². The van der Waals surface area contributed by atoms with Gasteiger partial charge in [-0.15, -0.1) is 11.6 Å². The number of piperidine rings is 1. The van der Waals surface area contributed by atoms with Crippen molar-refractivity contribution >= 4 is 21.6 Å². The van der Waals surface area contributed by atoms with Gasteiger partial charge in [0, 0.05) is 19.0 Å². The smallest absolute Gasteiger partial charge is 0.207 e. The molecule has 0 aliphatic carbocycles. The van der Waals surface area contributed by atoms with Gasteiger partial charge in [0.25, 0.3) is 0 Å². The first-order valence-electron chi connectivity index (χ1n) is 6.83. The fourth-order valence-corrected chi connectivity index (χ4v) is 4.59. The molecule has 0 aromatic heterocycles. The van der Waals surface area contributed by atoms with Crippen LogP contribution in [-0.2, 0) is 15.9 Å². The van der Waals surface area contributed by atoms with E-state index in [0.717, 1.165) is 25.3 Å². The van der Waals surface area contributed by atoms with Crippen molar-refractivity contribution in [3.05, 3.63) is 29.6 Å². The van der Waals surface area contributed by atoms with Gasteiger partial charge in [-0.05, 0) is 36.5 Å². The highest BCUT2D eigenvalue weighted by molar-refractivity contribution is 7.89. The molecule has 0 amide bonds. The van der Waals surface area contributed by atoms with E-state index in [2.05, 4.69) is 6.92 Å². The number of rotatable bonds is 4. The molecule has 1 aromatic carbocycles. The van der Waals surface area contributed by atoms with Crippen molar-refractivity contribution in [2.75, 3.05) is 13.1 Å². The van der Waals surface area contributed by atoms with Crippen LogP contribution in [-0.4, -0.2) is 25.8 Å². The Kier molecular flexibility index (Phi) is 5.04. The van der Waals surface area contributed by atoms with Crippen molar-refractivity contribution in [3.63, 3.8) is 0 Å². The molecule has 1 heterocycles. The normalized spacial score (nSPS) is 18.4. The summed E-state index contributed by atoms with van der Waals surface area (Å²) >= 11 is 5.77. The van der Waals surface area contributed by atoms with E-state index in [1.807, 2.05) is 0 Å². The van der Waals surface area contributed by atoms with Gasteiger partial charge in [0.1, 0.15) is 5.82 Å². The lowest BCUT2D eigenvalue weighted by atomic mass is 9.96. The topological polar surface area (TPSA) is 37.4 Å². The summed E-state index contributed by atoms with van der Waals surface area (Å²) in [6, 6.07) is 3.74. The number of halogens is 2. The predicted molar refractivity (Wildman–Crippen MR) is 77.7 cm³/mol. The Morgan fingerprint density at radius 3 is 2.55 bits per heavy atom. The van der Waals surface area contributed by atoms with Gasteiger partial charge in [-0.1, -0.05) is 19.4 Å². The highest BCUT2D eigenvalue weighted by Gasteiger charge is 2.30. The van der Waals surface area contributed by atoms with Crippen LogP contribution >= 0.6 is 11.6 Å². The number of benzene rings is 1. The average Bonchev–Trinajstić information content (AvgIpc) is 2.47. The zero-order valence-corrected chi connectivity index (χ0v) is 13.1. The molecule has 1 aromatic rings. The van der Waals surface area contributed by atoms with Gasteiger partial charge < -0.3 is 0 Å². The lowest BCUT2D eigenvalue weighted by Gasteiger charge is -2.31. The molecule has 0 saturated carbocycles. The van der Waals surface area contributed by atoms with E-state index in [-0.39, 0.29) is 10.8 Å². The Morgan fingerprint density at radius 2 is 2.00 bits per heavy atom. The first-order chi connectivity index (χ1) is 9.48. The molecule has 0 bridgehead atoms. The molecule has 2 rings (SSSR count). The maximum Gasteiger partial charge on any atom is 0.243 e. The largest absolute Gasteiger partial charge is 0.243 e. The lowest BCUT2D eigenvalue weighted by Crippen LogP contribution is -2.38. The quantitative estimate of drug-likeness (QED) is 0.798. The molecule has 6 heteroatoms. The molecule has 0 N–H and O–H groups in total. The second-order valence-corrected chi connectivity index (χ2v) is 7.32. The molecule has 0 unspecified atom stereocenters. The monoisotopic (exact) mass is 319 g/mol. The van der Waals surface area contributed by atoms with Crippen LogP contribution in [0.5, 0.6) is 0 Å². The third kappa shape index (κ3) is 3.15. The first-order valence-corrected chi connectivity index (χ1v) is 8.81. The molecule has 1 fully saturated rings. The van der Waals surface area contributed by atoms with Crippen LogP contribution in [0.25, 0.3) is 0 Å². The molecular weight excluding hydrogens is 301 g/mol. The SMILES string of the molecule is CCC1CCN(S(=O)(=O)c2cc(F)ccc2CCl)CC1. The van der Waals surface area contributed by atoms with Gasteiger partial charge in [0.05, 0.1) is 4.90 Å².